The van der Waals surface area contributed by atoms with Gasteiger partial charge in [0.15, 0.2) is 0 Å². The van der Waals surface area contributed by atoms with Gasteiger partial charge in [-0.25, -0.2) is 4.98 Å². The number of carbonyl (C=O) groups excluding carboxylic acids is 1. The molecule has 3 heterocycles. The van der Waals surface area contributed by atoms with Crippen LogP contribution < -0.4 is 15.0 Å². The second-order valence-electron chi connectivity index (χ2n) is 7.05. The maximum Gasteiger partial charge on any atom is 0.259 e. The molecular formula is C21H23N5O2S. The van der Waals surface area contributed by atoms with Crippen molar-refractivity contribution in [2.45, 2.75) is 19.3 Å². The third-order valence-electron chi connectivity index (χ3n) is 5.23. The predicted octanol–water partition coefficient (Wildman–Crippen LogP) is 3.65. The molecule has 1 N–H and O–H groups in total. The molecule has 1 fully saturated rings. The molecule has 2 aromatic heterocycles. The van der Waals surface area contributed by atoms with Crippen LogP contribution in [-0.4, -0.2) is 41.3 Å². The molecule has 0 bridgehead atoms. The van der Waals surface area contributed by atoms with E-state index < -0.39 is 0 Å². The molecule has 0 atom stereocenters. The molecule has 0 aliphatic carbocycles. The number of rotatable bonds is 6. The van der Waals surface area contributed by atoms with E-state index in [-0.39, 0.29) is 5.91 Å². The van der Waals surface area contributed by atoms with E-state index in [1.54, 1.807) is 24.9 Å². The van der Waals surface area contributed by atoms with Gasteiger partial charge in [-0.1, -0.05) is 29.5 Å². The number of pyridine rings is 1. The Labute approximate surface area is 173 Å². The molecule has 150 valence electrons. The molecule has 1 aliphatic rings. The third-order valence-corrected chi connectivity index (χ3v) is 5.84. The quantitative estimate of drug-likeness (QED) is 0.669. The standard InChI is InChI=1S/C21H23N5O2S/c1-28-18-5-3-2-4-16(18)12-15-8-10-26(11-9-15)19-7-6-17(13-22-19)20(27)24-21-25-23-14-29-21/h2-7,13-15H,8-12H2,1H3,(H,24,25,27). The highest BCUT2D eigenvalue weighted by Gasteiger charge is 2.21. The number of para-hydroxylation sites is 1. The van der Waals surface area contributed by atoms with E-state index in [4.69, 9.17) is 4.74 Å². The molecule has 0 saturated carbocycles. The number of aromatic nitrogens is 3. The number of amides is 1. The molecule has 7 nitrogen and oxygen atoms in total. The Hall–Kier alpha value is -3.00. The second-order valence-corrected chi connectivity index (χ2v) is 7.88. The van der Waals surface area contributed by atoms with Gasteiger partial charge in [-0.05, 0) is 48.9 Å². The van der Waals surface area contributed by atoms with Crippen molar-refractivity contribution in [2.24, 2.45) is 5.92 Å². The minimum atomic E-state index is -0.226. The zero-order chi connectivity index (χ0) is 20.1. The van der Waals surface area contributed by atoms with Crippen LogP contribution in [0, 0.1) is 5.92 Å². The SMILES string of the molecule is COc1ccccc1CC1CCN(c2ccc(C(=O)Nc3nncs3)cn2)CC1. The molecular weight excluding hydrogens is 386 g/mol. The van der Waals surface area contributed by atoms with Crippen molar-refractivity contribution in [3.63, 3.8) is 0 Å². The molecule has 1 saturated heterocycles. The maximum absolute atomic E-state index is 12.2. The number of carbonyl (C=O) groups is 1. The lowest BCUT2D eigenvalue weighted by atomic mass is 9.90. The van der Waals surface area contributed by atoms with Gasteiger partial charge in [0.2, 0.25) is 5.13 Å². The van der Waals surface area contributed by atoms with Gasteiger partial charge in [0, 0.05) is 19.3 Å². The van der Waals surface area contributed by atoms with E-state index in [9.17, 15) is 4.79 Å². The summed E-state index contributed by atoms with van der Waals surface area (Å²) in [7, 11) is 1.73. The fourth-order valence-electron chi connectivity index (χ4n) is 3.65. The zero-order valence-electron chi connectivity index (χ0n) is 16.2. The number of ether oxygens (including phenoxy) is 1. The summed E-state index contributed by atoms with van der Waals surface area (Å²) in [6, 6.07) is 12.0. The average molecular weight is 410 g/mol. The van der Waals surface area contributed by atoms with Gasteiger partial charge in [0.1, 0.15) is 17.1 Å². The van der Waals surface area contributed by atoms with Gasteiger partial charge < -0.3 is 9.64 Å². The molecule has 29 heavy (non-hydrogen) atoms. The van der Waals surface area contributed by atoms with Crippen LogP contribution in [0.3, 0.4) is 0 Å². The highest BCUT2D eigenvalue weighted by Crippen LogP contribution is 2.28. The average Bonchev–Trinajstić information content (AvgIpc) is 3.28. The Morgan fingerprint density at radius 1 is 1.24 bits per heavy atom. The van der Waals surface area contributed by atoms with Gasteiger partial charge in [-0.2, -0.15) is 0 Å². The third kappa shape index (κ3) is 4.71. The summed E-state index contributed by atoms with van der Waals surface area (Å²) in [6.45, 7) is 1.92. The van der Waals surface area contributed by atoms with Crippen molar-refractivity contribution >= 4 is 28.2 Å². The number of hydrogen-bond acceptors (Lipinski definition) is 7. The molecule has 0 unspecified atom stereocenters. The highest BCUT2D eigenvalue weighted by atomic mass is 32.1. The first-order chi connectivity index (χ1) is 14.2. The number of nitrogens with one attached hydrogen (secondary N) is 1. The van der Waals surface area contributed by atoms with Crippen LogP contribution in [0.15, 0.2) is 48.1 Å². The summed E-state index contributed by atoms with van der Waals surface area (Å²) in [5, 5.41) is 10.7. The van der Waals surface area contributed by atoms with Crippen LogP contribution in [0.2, 0.25) is 0 Å². The fourth-order valence-corrected chi connectivity index (χ4v) is 4.09. The van der Waals surface area contributed by atoms with Crippen LogP contribution in [-0.2, 0) is 6.42 Å². The van der Waals surface area contributed by atoms with Crippen molar-refractivity contribution in [3.8, 4) is 5.75 Å². The summed E-state index contributed by atoms with van der Waals surface area (Å²) in [4.78, 5) is 19.0. The van der Waals surface area contributed by atoms with E-state index in [1.165, 1.54) is 16.9 Å². The van der Waals surface area contributed by atoms with E-state index in [2.05, 4.69) is 37.5 Å². The number of anilines is 2. The van der Waals surface area contributed by atoms with Gasteiger partial charge in [0.05, 0.1) is 12.7 Å². The Morgan fingerprint density at radius 3 is 2.76 bits per heavy atom. The summed E-state index contributed by atoms with van der Waals surface area (Å²) in [5.74, 6) is 2.29. The van der Waals surface area contributed by atoms with Gasteiger partial charge >= 0.3 is 0 Å². The van der Waals surface area contributed by atoms with Gasteiger partial charge in [0.25, 0.3) is 5.91 Å². The van der Waals surface area contributed by atoms with Crippen molar-refractivity contribution in [1.82, 2.24) is 15.2 Å². The number of hydrogen-bond donors (Lipinski definition) is 1. The van der Waals surface area contributed by atoms with Crippen LogP contribution in [0.5, 0.6) is 5.75 Å². The molecule has 4 rings (SSSR count). The summed E-state index contributed by atoms with van der Waals surface area (Å²) in [6.07, 6.45) is 4.88. The molecule has 1 amide bonds. The van der Waals surface area contributed by atoms with Crippen LogP contribution in [0.4, 0.5) is 10.9 Å². The lowest BCUT2D eigenvalue weighted by Crippen LogP contribution is -2.34. The molecule has 1 aromatic carbocycles. The molecule has 3 aromatic rings. The van der Waals surface area contributed by atoms with Gasteiger partial charge in [-0.3, -0.25) is 10.1 Å². The van der Waals surface area contributed by atoms with Crippen LogP contribution >= 0.6 is 11.3 Å². The van der Waals surface area contributed by atoms with E-state index in [1.807, 2.05) is 18.2 Å². The topological polar surface area (TPSA) is 80.2 Å². The Bertz CT molecular complexity index is 938. The number of nitrogens with zero attached hydrogens (tertiary/aromatic N) is 4. The molecule has 8 heteroatoms. The minimum Gasteiger partial charge on any atom is -0.496 e. The Morgan fingerprint density at radius 2 is 2.07 bits per heavy atom. The zero-order valence-corrected chi connectivity index (χ0v) is 17.1. The van der Waals surface area contributed by atoms with E-state index >= 15 is 0 Å². The molecule has 1 aliphatic heterocycles. The largest absolute Gasteiger partial charge is 0.496 e. The number of piperidine rings is 1. The summed E-state index contributed by atoms with van der Waals surface area (Å²) < 4.78 is 5.48. The molecule has 0 radical (unpaired) electrons. The van der Waals surface area contributed by atoms with Crippen molar-refractivity contribution < 1.29 is 9.53 Å². The number of methoxy groups -OCH3 is 1. The minimum absolute atomic E-state index is 0.226. The lowest BCUT2D eigenvalue weighted by Gasteiger charge is -2.33. The normalized spacial score (nSPS) is 14.6. The Kier molecular flexibility index (Phi) is 6.00. The first-order valence-corrected chi connectivity index (χ1v) is 10.5. The number of benzene rings is 1. The van der Waals surface area contributed by atoms with Crippen molar-refractivity contribution in [1.29, 1.82) is 0 Å². The Balaban J connectivity index is 1.32. The van der Waals surface area contributed by atoms with E-state index in [0.717, 1.165) is 43.9 Å². The monoisotopic (exact) mass is 409 g/mol. The van der Waals surface area contributed by atoms with Crippen LogP contribution in [0.1, 0.15) is 28.8 Å². The maximum atomic E-state index is 12.2. The lowest BCUT2D eigenvalue weighted by molar-refractivity contribution is 0.102. The highest BCUT2D eigenvalue weighted by molar-refractivity contribution is 7.13. The smallest absolute Gasteiger partial charge is 0.259 e. The predicted molar refractivity (Wildman–Crippen MR) is 114 cm³/mol. The molecule has 0 spiro atoms. The first-order valence-electron chi connectivity index (χ1n) is 9.63. The van der Waals surface area contributed by atoms with Crippen molar-refractivity contribution in [3.05, 3.63) is 59.2 Å². The van der Waals surface area contributed by atoms with Gasteiger partial charge in [-0.15, -0.1) is 10.2 Å². The first kappa shape index (κ1) is 19.3. The van der Waals surface area contributed by atoms with Crippen molar-refractivity contribution in [2.75, 3.05) is 30.4 Å². The van der Waals surface area contributed by atoms with E-state index in [0.29, 0.717) is 16.6 Å². The summed E-state index contributed by atoms with van der Waals surface area (Å²) >= 11 is 1.28. The second kappa shape index (κ2) is 9.00. The fraction of sp³-hybridized carbons (Fsp3) is 0.333. The summed E-state index contributed by atoms with van der Waals surface area (Å²) in [5.41, 5.74) is 3.36. The van der Waals surface area contributed by atoms with Crippen LogP contribution in [0.25, 0.3) is 0 Å².